The fourth-order valence-corrected chi connectivity index (χ4v) is 5.31. The second-order valence-electron chi connectivity index (χ2n) is 9.39. The first-order chi connectivity index (χ1) is 19.3. The fraction of sp³-hybridized carbons (Fsp3) is 0.125. The normalized spacial score (nSPS) is 13.9. The summed E-state index contributed by atoms with van der Waals surface area (Å²) in [5.41, 5.74) is 4.10. The first kappa shape index (κ1) is 27.3. The second-order valence-corrected chi connectivity index (χ2v) is 10.2. The van der Waals surface area contributed by atoms with Gasteiger partial charge in [-0.25, -0.2) is 0 Å². The molecule has 0 saturated heterocycles. The van der Waals surface area contributed by atoms with Crippen LogP contribution in [0.2, 0.25) is 10.0 Å². The highest BCUT2D eigenvalue weighted by molar-refractivity contribution is 6.34. The van der Waals surface area contributed by atoms with Crippen LogP contribution in [0, 0.1) is 0 Å². The average molecular weight is 572 g/mol. The summed E-state index contributed by atoms with van der Waals surface area (Å²) in [7, 11) is 0. The Morgan fingerprint density at radius 3 is 1.70 bits per heavy atom. The fourth-order valence-electron chi connectivity index (χ4n) is 4.94. The number of amides is 2. The Morgan fingerprint density at radius 2 is 1.23 bits per heavy atom. The van der Waals surface area contributed by atoms with Crippen LogP contribution in [0.25, 0.3) is 0 Å². The number of carbonyl (C=O) groups excluding carboxylic acids is 2. The van der Waals surface area contributed by atoms with E-state index in [1.165, 1.54) is 6.26 Å². The van der Waals surface area contributed by atoms with E-state index in [1.807, 2.05) is 49.1 Å². The van der Waals surface area contributed by atoms with E-state index >= 15 is 0 Å². The summed E-state index contributed by atoms with van der Waals surface area (Å²) in [6.07, 6.45) is 1.53. The molecule has 2 amide bonds. The van der Waals surface area contributed by atoms with Crippen molar-refractivity contribution in [1.82, 2.24) is 4.90 Å². The molecule has 0 bridgehead atoms. The largest absolute Gasteiger partial charge is 0.468 e. The first-order valence-electron chi connectivity index (χ1n) is 12.7. The average Bonchev–Trinajstić information content (AvgIpc) is 3.48. The summed E-state index contributed by atoms with van der Waals surface area (Å²) in [5.74, 6) is -1.10. The van der Waals surface area contributed by atoms with Gasteiger partial charge in [-0.05, 0) is 55.8 Å². The molecule has 3 aromatic carbocycles. The Kier molecular flexibility index (Phi) is 8.10. The molecule has 0 aliphatic carbocycles. The number of hydrogen-bond donors (Lipinski definition) is 2. The van der Waals surface area contributed by atoms with Crippen LogP contribution in [0.4, 0.5) is 11.4 Å². The van der Waals surface area contributed by atoms with Gasteiger partial charge in [0.1, 0.15) is 5.76 Å². The second kappa shape index (κ2) is 11.9. The molecule has 202 valence electrons. The number of hydrogen-bond acceptors (Lipinski definition) is 4. The standard InChI is InChI=1S/C32H27Cl2N3O3/c1-20-28(31(38)35-25-15-8-6-13-23(25)33)30(27-17-10-18-40-27)29(32(39)36-26-16-9-7-14-24(26)34)21(2)37(20)19-22-11-4-3-5-12-22/h3-18,30H,19H2,1-2H3,(H,35,38)(H,36,39). The predicted molar refractivity (Wildman–Crippen MR) is 159 cm³/mol. The molecule has 2 N–H and O–H groups in total. The number of anilines is 2. The molecular weight excluding hydrogens is 545 g/mol. The number of nitrogens with zero attached hydrogens (tertiary/aromatic N) is 1. The van der Waals surface area contributed by atoms with Gasteiger partial charge >= 0.3 is 0 Å². The Balaban J connectivity index is 1.65. The molecule has 2 heterocycles. The van der Waals surface area contributed by atoms with E-state index in [9.17, 15) is 9.59 Å². The molecule has 0 atom stereocenters. The van der Waals surface area contributed by atoms with Gasteiger partial charge in [0.15, 0.2) is 0 Å². The van der Waals surface area contributed by atoms with E-state index in [0.717, 1.165) is 5.56 Å². The van der Waals surface area contributed by atoms with E-state index in [0.29, 0.717) is 56.3 Å². The summed E-state index contributed by atoms with van der Waals surface area (Å²) in [6.45, 7) is 4.22. The third kappa shape index (κ3) is 5.55. The molecule has 0 radical (unpaired) electrons. The van der Waals surface area contributed by atoms with Crippen molar-refractivity contribution in [2.45, 2.75) is 26.3 Å². The summed E-state index contributed by atoms with van der Waals surface area (Å²) in [6, 6.07) is 27.4. The number of nitrogens with one attached hydrogen (secondary N) is 2. The number of rotatable bonds is 7. The van der Waals surface area contributed by atoms with E-state index in [-0.39, 0.29) is 11.8 Å². The minimum absolute atomic E-state index is 0.376. The summed E-state index contributed by atoms with van der Waals surface area (Å²) in [5, 5.41) is 6.71. The lowest BCUT2D eigenvalue weighted by Crippen LogP contribution is -2.37. The van der Waals surface area contributed by atoms with Gasteiger partial charge in [-0.2, -0.15) is 0 Å². The lowest BCUT2D eigenvalue weighted by atomic mass is 9.81. The molecule has 5 rings (SSSR count). The smallest absolute Gasteiger partial charge is 0.254 e. The van der Waals surface area contributed by atoms with Crippen LogP contribution in [0.5, 0.6) is 0 Å². The van der Waals surface area contributed by atoms with Crippen LogP contribution in [-0.2, 0) is 16.1 Å². The molecule has 8 heteroatoms. The van der Waals surface area contributed by atoms with Crippen LogP contribution in [-0.4, -0.2) is 16.7 Å². The molecule has 1 aromatic heterocycles. The highest BCUT2D eigenvalue weighted by Gasteiger charge is 2.41. The van der Waals surface area contributed by atoms with Gasteiger partial charge in [-0.15, -0.1) is 0 Å². The van der Waals surface area contributed by atoms with Crippen LogP contribution < -0.4 is 10.6 Å². The lowest BCUT2D eigenvalue weighted by molar-refractivity contribution is -0.113. The van der Waals surface area contributed by atoms with Gasteiger partial charge < -0.3 is 20.0 Å². The number of para-hydroxylation sites is 2. The van der Waals surface area contributed by atoms with E-state index < -0.39 is 5.92 Å². The van der Waals surface area contributed by atoms with Crippen LogP contribution in [0.15, 0.2) is 124 Å². The lowest BCUT2D eigenvalue weighted by Gasteiger charge is -2.38. The zero-order valence-corrected chi connectivity index (χ0v) is 23.5. The van der Waals surface area contributed by atoms with Crippen molar-refractivity contribution in [3.63, 3.8) is 0 Å². The molecular formula is C32H27Cl2N3O3. The molecule has 1 aliphatic rings. The molecule has 6 nitrogen and oxygen atoms in total. The van der Waals surface area contributed by atoms with Gasteiger partial charge in [0.2, 0.25) is 0 Å². The summed E-state index contributed by atoms with van der Waals surface area (Å²) in [4.78, 5) is 30.1. The molecule has 40 heavy (non-hydrogen) atoms. The van der Waals surface area contributed by atoms with Crippen molar-refractivity contribution in [2.24, 2.45) is 0 Å². The zero-order chi connectivity index (χ0) is 28.2. The van der Waals surface area contributed by atoms with Gasteiger partial charge in [-0.3, -0.25) is 9.59 Å². The number of halogens is 2. The number of carbonyl (C=O) groups is 2. The Hall–Kier alpha value is -4.26. The van der Waals surface area contributed by atoms with Gasteiger partial charge in [-0.1, -0.05) is 77.8 Å². The maximum atomic E-state index is 14.0. The van der Waals surface area contributed by atoms with Crippen molar-refractivity contribution < 1.29 is 14.0 Å². The van der Waals surface area contributed by atoms with Crippen molar-refractivity contribution in [3.8, 4) is 0 Å². The molecule has 0 spiro atoms. The van der Waals surface area contributed by atoms with E-state index in [4.69, 9.17) is 27.6 Å². The third-order valence-electron chi connectivity index (χ3n) is 6.91. The summed E-state index contributed by atoms with van der Waals surface area (Å²) >= 11 is 12.8. The van der Waals surface area contributed by atoms with Crippen LogP contribution >= 0.6 is 23.2 Å². The van der Waals surface area contributed by atoms with E-state index in [2.05, 4.69) is 10.6 Å². The SMILES string of the molecule is CC1=C(C(=O)Nc2ccccc2Cl)C(c2ccco2)C(C(=O)Nc2ccccc2Cl)=C(C)N1Cc1ccccc1. The first-order valence-corrected chi connectivity index (χ1v) is 13.5. The monoisotopic (exact) mass is 571 g/mol. The molecule has 0 fully saturated rings. The van der Waals surface area contributed by atoms with Crippen LogP contribution in [0.3, 0.4) is 0 Å². The van der Waals surface area contributed by atoms with Crippen molar-refractivity contribution in [1.29, 1.82) is 0 Å². The van der Waals surface area contributed by atoms with Crippen LogP contribution in [0.1, 0.15) is 31.1 Å². The van der Waals surface area contributed by atoms with Crippen molar-refractivity contribution in [2.75, 3.05) is 10.6 Å². The quantitative estimate of drug-likeness (QED) is 0.235. The summed E-state index contributed by atoms with van der Waals surface area (Å²) < 4.78 is 5.83. The van der Waals surface area contributed by atoms with Crippen molar-refractivity contribution in [3.05, 3.63) is 141 Å². The topological polar surface area (TPSA) is 74.6 Å². The maximum absolute atomic E-state index is 14.0. The predicted octanol–water partition coefficient (Wildman–Crippen LogP) is 8.01. The van der Waals surface area contributed by atoms with Gasteiger partial charge in [0.25, 0.3) is 11.8 Å². The highest BCUT2D eigenvalue weighted by atomic mass is 35.5. The molecule has 0 unspecified atom stereocenters. The number of allylic oxidation sites excluding steroid dienone is 2. The minimum Gasteiger partial charge on any atom is -0.468 e. The van der Waals surface area contributed by atoms with Crippen molar-refractivity contribution >= 4 is 46.4 Å². The molecule has 0 saturated carbocycles. The van der Waals surface area contributed by atoms with Gasteiger partial charge in [0.05, 0.1) is 44.7 Å². The maximum Gasteiger partial charge on any atom is 0.254 e. The molecule has 4 aromatic rings. The third-order valence-corrected chi connectivity index (χ3v) is 7.57. The highest BCUT2D eigenvalue weighted by Crippen LogP contribution is 2.44. The minimum atomic E-state index is -0.785. The number of furan rings is 1. The zero-order valence-electron chi connectivity index (χ0n) is 21.9. The van der Waals surface area contributed by atoms with E-state index in [1.54, 1.807) is 60.7 Å². The Labute approximate surface area is 242 Å². The number of benzene rings is 3. The van der Waals surface area contributed by atoms with Gasteiger partial charge in [0, 0.05) is 17.9 Å². The molecule has 1 aliphatic heterocycles. The Bertz CT molecular complexity index is 1530. The Morgan fingerprint density at radius 1 is 0.725 bits per heavy atom.